The highest BCUT2D eigenvalue weighted by Gasteiger charge is 2.61. The van der Waals surface area contributed by atoms with Gasteiger partial charge in [0.2, 0.25) is 11.6 Å². The average Bonchev–Trinajstić information content (AvgIpc) is 2.85. The lowest BCUT2D eigenvalue weighted by Crippen LogP contribution is -2.60. The quantitative estimate of drug-likeness (QED) is 0.236. The number of aliphatic hydroxyl groups is 3. The molecule has 0 saturated carbocycles. The molecule has 12 heteroatoms. The Morgan fingerprint density at radius 2 is 1.79 bits per heavy atom. The summed E-state index contributed by atoms with van der Waals surface area (Å²) in [4.78, 5) is 36.7. The van der Waals surface area contributed by atoms with E-state index in [9.17, 15) is 39.9 Å². The molecule has 0 amide bonds. The minimum Gasteiger partial charge on any atom is -0.507 e. The van der Waals surface area contributed by atoms with Crippen molar-refractivity contribution in [1.82, 2.24) is 0 Å². The molecule has 1 aromatic rings. The standard InChI is InChI=1S/C26H28O12/c1-9-12(27)6-7-16(36-9)38-14-8-13-17-20(26(14,35)10(2)37-13)24(33)19-18(23(17)32)21(30)11(22(31)25(19)34)4-3-5-15(28)29/h3-4,9-10,12-14,16,27,30,32-33,35H,5-8H2,1-2H3,(H,28,29)/b4-3-/t9-,10?,12-,13+,14+,16-,26-/m0/s1. The summed E-state index contributed by atoms with van der Waals surface area (Å²) in [5.41, 5.74) is -4.11. The molecule has 2 saturated heterocycles. The van der Waals surface area contributed by atoms with Crippen LogP contribution in [0, 0.1) is 0 Å². The predicted molar refractivity (Wildman–Crippen MR) is 126 cm³/mol. The smallest absolute Gasteiger partial charge is 0.307 e. The molecular weight excluding hydrogens is 504 g/mol. The zero-order valence-corrected chi connectivity index (χ0v) is 20.6. The Hall–Kier alpha value is -3.29. The molecule has 3 heterocycles. The first-order valence-electron chi connectivity index (χ1n) is 12.3. The van der Waals surface area contributed by atoms with Crippen molar-refractivity contribution in [2.75, 3.05) is 0 Å². The van der Waals surface area contributed by atoms with Crippen molar-refractivity contribution in [3.8, 4) is 11.5 Å². The Morgan fingerprint density at radius 3 is 2.45 bits per heavy atom. The molecule has 0 radical (unpaired) electrons. The topological polar surface area (TPSA) is 200 Å². The number of benzene rings is 1. The Bertz CT molecular complexity index is 1300. The third-order valence-electron chi connectivity index (χ3n) is 7.78. The van der Waals surface area contributed by atoms with Gasteiger partial charge in [-0.15, -0.1) is 0 Å². The SMILES string of the molecule is CC1O[C@@H]2C[C@@H](O[C@H]3CC[C@H](O)[C@H](C)O3)[C@]1(O)c1c(O)c3c(c(O)c12)C(O)=C(/C=C\CC(=O)O)C(=O)C3=O. The molecule has 6 rings (SSSR count). The fraction of sp³-hybridized carbons (Fsp3) is 0.500. The second kappa shape index (κ2) is 9.17. The zero-order valence-electron chi connectivity index (χ0n) is 20.6. The van der Waals surface area contributed by atoms with E-state index in [4.69, 9.17) is 19.3 Å². The summed E-state index contributed by atoms with van der Waals surface area (Å²) in [7, 11) is 0. The highest BCUT2D eigenvalue weighted by Crippen LogP contribution is 2.60. The van der Waals surface area contributed by atoms with Crippen LogP contribution in [-0.2, 0) is 29.4 Å². The number of aliphatic hydroxyl groups excluding tert-OH is 2. The predicted octanol–water partition coefficient (Wildman–Crippen LogP) is 1.49. The molecule has 2 aliphatic carbocycles. The number of aromatic hydroxyl groups is 2. The van der Waals surface area contributed by atoms with Gasteiger partial charge in [0, 0.05) is 24.0 Å². The van der Waals surface area contributed by atoms with Gasteiger partial charge in [-0.2, -0.15) is 0 Å². The summed E-state index contributed by atoms with van der Waals surface area (Å²) in [5, 5.41) is 64.1. The number of allylic oxidation sites excluding steroid dienone is 2. The van der Waals surface area contributed by atoms with E-state index >= 15 is 0 Å². The van der Waals surface area contributed by atoms with E-state index in [0.717, 1.165) is 12.2 Å². The van der Waals surface area contributed by atoms with E-state index in [2.05, 4.69) is 0 Å². The number of carboxylic acid groups (broad SMARTS) is 1. The van der Waals surface area contributed by atoms with Crippen LogP contribution in [0.2, 0.25) is 0 Å². The average molecular weight is 532 g/mol. The van der Waals surface area contributed by atoms with Crippen LogP contribution in [0.5, 0.6) is 11.5 Å². The van der Waals surface area contributed by atoms with Crippen LogP contribution in [0.1, 0.15) is 72.7 Å². The highest BCUT2D eigenvalue weighted by atomic mass is 16.7. The lowest BCUT2D eigenvalue weighted by atomic mass is 9.67. The van der Waals surface area contributed by atoms with Gasteiger partial charge >= 0.3 is 5.97 Å². The second-order valence-corrected chi connectivity index (χ2v) is 10.0. The maximum absolute atomic E-state index is 13.1. The van der Waals surface area contributed by atoms with Gasteiger partial charge < -0.3 is 44.8 Å². The van der Waals surface area contributed by atoms with E-state index in [1.807, 2.05) is 0 Å². The third kappa shape index (κ3) is 3.75. The summed E-state index contributed by atoms with van der Waals surface area (Å²) in [6, 6.07) is 0. The van der Waals surface area contributed by atoms with E-state index in [1.54, 1.807) is 6.92 Å². The molecule has 0 spiro atoms. The van der Waals surface area contributed by atoms with Gasteiger partial charge in [-0.25, -0.2) is 0 Å². The van der Waals surface area contributed by atoms with E-state index in [1.165, 1.54) is 6.92 Å². The molecule has 2 fully saturated rings. The van der Waals surface area contributed by atoms with Crippen molar-refractivity contribution < 1.29 is 59.2 Å². The van der Waals surface area contributed by atoms with Crippen LogP contribution in [0.15, 0.2) is 17.7 Å². The maximum atomic E-state index is 13.1. The fourth-order valence-corrected chi connectivity index (χ4v) is 5.80. The molecule has 1 unspecified atom stereocenters. The van der Waals surface area contributed by atoms with Gasteiger partial charge in [-0.3, -0.25) is 14.4 Å². The normalized spacial score (nSPS) is 34.5. The van der Waals surface area contributed by atoms with Crippen LogP contribution >= 0.6 is 0 Å². The number of ketones is 2. The summed E-state index contributed by atoms with van der Waals surface area (Å²) in [5.74, 6) is -5.95. The number of carboxylic acids is 1. The molecule has 7 atom stereocenters. The second-order valence-electron chi connectivity index (χ2n) is 10.0. The Morgan fingerprint density at radius 1 is 1.08 bits per heavy atom. The number of hydrogen-bond acceptors (Lipinski definition) is 11. The van der Waals surface area contributed by atoms with Crippen molar-refractivity contribution in [3.05, 3.63) is 40.0 Å². The summed E-state index contributed by atoms with van der Waals surface area (Å²) in [6.45, 7) is 3.22. The van der Waals surface area contributed by atoms with Crippen molar-refractivity contribution in [3.63, 3.8) is 0 Å². The number of ether oxygens (including phenoxy) is 3. The summed E-state index contributed by atoms with van der Waals surface area (Å²) in [6.07, 6.45) is -2.53. The zero-order chi connectivity index (χ0) is 27.7. The lowest BCUT2D eigenvalue weighted by Gasteiger charge is -2.54. The summed E-state index contributed by atoms with van der Waals surface area (Å²) < 4.78 is 17.7. The maximum Gasteiger partial charge on any atom is 0.307 e. The highest BCUT2D eigenvalue weighted by molar-refractivity contribution is 6.53. The fourth-order valence-electron chi connectivity index (χ4n) is 5.80. The number of Topliss-reactive ketones (excluding diaryl/α,β-unsaturated/α-hetero) is 2. The molecule has 3 aliphatic heterocycles. The Labute approximate surface area is 216 Å². The van der Waals surface area contributed by atoms with Crippen LogP contribution in [0.3, 0.4) is 0 Å². The molecule has 12 nitrogen and oxygen atoms in total. The monoisotopic (exact) mass is 532 g/mol. The van der Waals surface area contributed by atoms with E-state index < -0.39 is 100 Å². The number of aliphatic carboxylic acids is 1. The molecule has 38 heavy (non-hydrogen) atoms. The van der Waals surface area contributed by atoms with Crippen molar-refractivity contribution in [1.29, 1.82) is 0 Å². The van der Waals surface area contributed by atoms with Gasteiger partial charge in [0.1, 0.15) is 22.9 Å². The largest absolute Gasteiger partial charge is 0.507 e. The van der Waals surface area contributed by atoms with Gasteiger partial charge in [0.15, 0.2) is 6.29 Å². The van der Waals surface area contributed by atoms with Crippen LogP contribution in [0.25, 0.3) is 5.76 Å². The number of fused-ring (bicyclic) bond motifs is 3. The molecule has 204 valence electrons. The molecule has 5 aliphatic rings. The lowest BCUT2D eigenvalue weighted by molar-refractivity contribution is -0.311. The number of carbonyl (C=O) groups is 3. The first-order valence-corrected chi connectivity index (χ1v) is 12.3. The third-order valence-corrected chi connectivity index (χ3v) is 7.78. The van der Waals surface area contributed by atoms with Gasteiger partial charge in [0.25, 0.3) is 0 Å². The first kappa shape index (κ1) is 26.3. The molecule has 0 aromatic heterocycles. The van der Waals surface area contributed by atoms with Crippen molar-refractivity contribution in [2.45, 2.75) is 81.9 Å². The van der Waals surface area contributed by atoms with Gasteiger partial charge in [0.05, 0.1) is 53.6 Å². The van der Waals surface area contributed by atoms with E-state index in [0.29, 0.717) is 12.8 Å². The molecule has 6 N–H and O–H groups in total. The summed E-state index contributed by atoms with van der Waals surface area (Å²) >= 11 is 0. The van der Waals surface area contributed by atoms with Crippen LogP contribution in [0.4, 0.5) is 0 Å². The number of phenolic OH excluding ortho intramolecular Hbond substituents is 2. The van der Waals surface area contributed by atoms with Crippen molar-refractivity contribution >= 4 is 23.3 Å². The Kier molecular flexibility index (Phi) is 6.35. The van der Waals surface area contributed by atoms with E-state index in [-0.39, 0.29) is 17.5 Å². The Balaban J connectivity index is 1.62. The van der Waals surface area contributed by atoms with Gasteiger partial charge in [-0.05, 0) is 20.3 Å². The first-order chi connectivity index (χ1) is 17.9. The molecule has 1 aromatic carbocycles. The molecular formula is C26H28O12. The minimum atomic E-state index is -2.08. The van der Waals surface area contributed by atoms with Gasteiger partial charge in [-0.1, -0.05) is 12.2 Å². The number of hydrogen-bond donors (Lipinski definition) is 6. The van der Waals surface area contributed by atoms with Crippen LogP contribution in [-0.4, -0.2) is 78.9 Å². The molecule has 2 bridgehead atoms. The number of carbonyl (C=O) groups excluding carboxylic acids is 2. The number of phenols is 2. The number of rotatable bonds is 5. The van der Waals surface area contributed by atoms with Crippen LogP contribution < -0.4 is 0 Å². The van der Waals surface area contributed by atoms with Crippen molar-refractivity contribution in [2.24, 2.45) is 0 Å². The minimum absolute atomic E-state index is 0.0269.